The Balaban J connectivity index is 2.48. The van der Waals surface area contributed by atoms with Gasteiger partial charge in [-0.2, -0.15) is 0 Å². The summed E-state index contributed by atoms with van der Waals surface area (Å²) in [5.41, 5.74) is 8.78. The predicted molar refractivity (Wildman–Crippen MR) is 69.9 cm³/mol. The molecule has 0 amide bonds. The lowest BCUT2D eigenvalue weighted by Gasteiger charge is -2.29. The van der Waals surface area contributed by atoms with E-state index in [0.29, 0.717) is 12.5 Å². The molecule has 0 saturated carbocycles. The molecule has 0 saturated heterocycles. The highest BCUT2D eigenvalue weighted by Crippen LogP contribution is 2.42. The molecule has 0 bridgehead atoms. The minimum Gasteiger partial charge on any atom is -0.494 e. The highest BCUT2D eigenvalue weighted by atomic mass is 79.9. The summed E-state index contributed by atoms with van der Waals surface area (Å²) >= 11 is 3.64. The third-order valence-electron chi connectivity index (χ3n) is 3.25. The largest absolute Gasteiger partial charge is 0.494 e. The predicted octanol–water partition coefficient (Wildman–Crippen LogP) is 3.74. The molecular weight excluding hydrogens is 266 g/mol. The molecule has 1 aliphatic carbocycles. The van der Waals surface area contributed by atoms with Crippen molar-refractivity contribution in [2.45, 2.75) is 38.6 Å². The molecule has 0 spiro atoms. The van der Waals surface area contributed by atoms with Gasteiger partial charge in [0.05, 0.1) is 6.61 Å². The van der Waals surface area contributed by atoms with Gasteiger partial charge in [-0.3, -0.25) is 0 Å². The van der Waals surface area contributed by atoms with E-state index in [1.54, 1.807) is 0 Å². The number of benzene rings is 1. The van der Waals surface area contributed by atoms with Crippen molar-refractivity contribution < 1.29 is 4.74 Å². The van der Waals surface area contributed by atoms with Crippen molar-refractivity contribution in [3.05, 3.63) is 27.7 Å². The normalized spacial score (nSPS) is 24.0. The molecule has 1 aromatic rings. The molecule has 16 heavy (non-hydrogen) atoms. The molecule has 2 unspecified atom stereocenters. The average molecular weight is 284 g/mol. The van der Waals surface area contributed by atoms with Gasteiger partial charge in [-0.15, -0.1) is 0 Å². The fourth-order valence-corrected chi connectivity index (χ4v) is 3.26. The van der Waals surface area contributed by atoms with E-state index in [-0.39, 0.29) is 6.04 Å². The quantitative estimate of drug-likeness (QED) is 0.897. The Hall–Kier alpha value is -0.540. The molecule has 2 nitrogen and oxygen atoms in total. The zero-order chi connectivity index (χ0) is 11.7. The van der Waals surface area contributed by atoms with Crippen LogP contribution >= 0.6 is 15.9 Å². The standard InChI is InChI=1S/C13H18BrNO/c1-3-16-9-6-10-12(15)5-4-8(2)13(10)11(14)7-9/h6-8,12H,3-5,15H2,1-2H3. The Kier molecular flexibility index (Phi) is 3.55. The first kappa shape index (κ1) is 11.9. The Labute approximate surface area is 105 Å². The number of halogens is 1. The first-order chi connectivity index (χ1) is 7.63. The molecule has 3 heteroatoms. The summed E-state index contributed by atoms with van der Waals surface area (Å²) in [4.78, 5) is 0. The highest BCUT2D eigenvalue weighted by molar-refractivity contribution is 9.10. The van der Waals surface area contributed by atoms with Gasteiger partial charge in [0.25, 0.3) is 0 Å². The van der Waals surface area contributed by atoms with Crippen LogP contribution in [0, 0.1) is 0 Å². The molecule has 2 N–H and O–H groups in total. The van der Waals surface area contributed by atoms with Crippen molar-refractivity contribution in [2.24, 2.45) is 5.73 Å². The lowest BCUT2D eigenvalue weighted by Crippen LogP contribution is -2.20. The fourth-order valence-electron chi connectivity index (χ4n) is 2.42. The van der Waals surface area contributed by atoms with Gasteiger partial charge in [0, 0.05) is 10.5 Å². The van der Waals surface area contributed by atoms with Crippen LogP contribution in [0.15, 0.2) is 16.6 Å². The Bertz CT molecular complexity index is 392. The minimum atomic E-state index is 0.155. The highest BCUT2D eigenvalue weighted by Gasteiger charge is 2.25. The molecule has 1 aliphatic rings. The number of rotatable bonds is 2. The van der Waals surface area contributed by atoms with Crippen LogP contribution in [0.2, 0.25) is 0 Å². The third-order valence-corrected chi connectivity index (χ3v) is 3.91. The Morgan fingerprint density at radius 3 is 2.88 bits per heavy atom. The van der Waals surface area contributed by atoms with Crippen LogP contribution in [0.3, 0.4) is 0 Å². The topological polar surface area (TPSA) is 35.2 Å². The van der Waals surface area contributed by atoms with Crippen LogP contribution in [-0.4, -0.2) is 6.61 Å². The second-order valence-corrected chi connectivity index (χ2v) is 5.28. The fraction of sp³-hybridized carbons (Fsp3) is 0.538. The van der Waals surface area contributed by atoms with E-state index >= 15 is 0 Å². The van der Waals surface area contributed by atoms with Crippen LogP contribution in [0.4, 0.5) is 0 Å². The molecule has 88 valence electrons. The summed E-state index contributed by atoms with van der Waals surface area (Å²) in [5, 5.41) is 0. The molecule has 0 fully saturated rings. The zero-order valence-corrected chi connectivity index (χ0v) is 11.4. The van der Waals surface area contributed by atoms with Crippen LogP contribution in [0.25, 0.3) is 0 Å². The molecule has 2 rings (SSSR count). The van der Waals surface area contributed by atoms with Gasteiger partial charge < -0.3 is 10.5 Å². The Morgan fingerprint density at radius 1 is 1.44 bits per heavy atom. The van der Waals surface area contributed by atoms with Crippen LogP contribution in [-0.2, 0) is 0 Å². The average Bonchev–Trinajstić information content (AvgIpc) is 2.23. The smallest absolute Gasteiger partial charge is 0.120 e. The van der Waals surface area contributed by atoms with Gasteiger partial charge >= 0.3 is 0 Å². The van der Waals surface area contributed by atoms with Crippen molar-refractivity contribution in [3.63, 3.8) is 0 Å². The summed E-state index contributed by atoms with van der Waals surface area (Å²) in [6.07, 6.45) is 2.23. The maximum atomic E-state index is 6.17. The maximum absolute atomic E-state index is 6.17. The van der Waals surface area contributed by atoms with Gasteiger partial charge in [0.15, 0.2) is 0 Å². The zero-order valence-electron chi connectivity index (χ0n) is 9.79. The minimum absolute atomic E-state index is 0.155. The monoisotopic (exact) mass is 283 g/mol. The van der Waals surface area contributed by atoms with Crippen molar-refractivity contribution >= 4 is 15.9 Å². The number of ether oxygens (including phenoxy) is 1. The lowest BCUT2D eigenvalue weighted by molar-refractivity contribution is 0.338. The van der Waals surface area contributed by atoms with Crippen LogP contribution in [0.1, 0.15) is 49.8 Å². The van der Waals surface area contributed by atoms with Gasteiger partial charge in [0.1, 0.15) is 5.75 Å². The second kappa shape index (κ2) is 4.76. The van der Waals surface area contributed by atoms with E-state index in [9.17, 15) is 0 Å². The summed E-state index contributed by atoms with van der Waals surface area (Å²) in [6.45, 7) is 4.95. The van der Waals surface area contributed by atoms with Gasteiger partial charge in [-0.05, 0) is 48.9 Å². The second-order valence-electron chi connectivity index (χ2n) is 4.43. The van der Waals surface area contributed by atoms with Crippen molar-refractivity contribution in [3.8, 4) is 5.75 Å². The summed E-state index contributed by atoms with van der Waals surface area (Å²) in [7, 11) is 0. The summed E-state index contributed by atoms with van der Waals surface area (Å²) < 4.78 is 6.69. The van der Waals surface area contributed by atoms with E-state index in [4.69, 9.17) is 10.5 Å². The molecule has 1 aromatic carbocycles. The molecule has 0 aromatic heterocycles. The lowest BCUT2D eigenvalue weighted by atomic mass is 9.81. The van der Waals surface area contributed by atoms with Gasteiger partial charge in [-0.25, -0.2) is 0 Å². The molecule has 0 radical (unpaired) electrons. The Morgan fingerprint density at radius 2 is 2.19 bits per heavy atom. The van der Waals surface area contributed by atoms with Crippen LogP contribution in [0.5, 0.6) is 5.75 Å². The number of nitrogens with two attached hydrogens (primary N) is 1. The van der Waals surface area contributed by atoms with E-state index < -0.39 is 0 Å². The van der Waals surface area contributed by atoms with E-state index in [2.05, 4.69) is 35.0 Å². The maximum Gasteiger partial charge on any atom is 0.120 e. The van der Waals surface area contributed by atoms with Gasteiger partial charge in [-0.1, -0.05) is 22.9 Å². The summed E-state index contributed by atoms with van der Waals surface area (Å²) in [6, 6.07) is 4.31. The third kappa shape index (κ3) is 2.11. The van der Waals surface area contributed by atoms with Gasteiger partial charge in [0.2, 0.25) is 0 Å². The van der Waals surface area contributed by atoms with Crippen molar-refractivity contribution in [1.82, 2.24) is 0 Å². The number of hydrogen-bond donors (Lipinski definition) is 1. The van der Waals surface area contributed by atoms with Crippen molar-refractivity contribution in [1.29, 1.82) is 0 Å². The van der Waals surface area contributed by atoms with Crippen LogP contribution < -0.4 is 10.5 Å². The van der Waals surface area contributed by atoms with E-state index in [0.717, 1.165) is 16.6 Å². The van der Waals surface area contributed by atoms with E-state index in [1.807, 2.05) is 6.92 Å². The first-order valence-corrected chi connectivity index (χ1v) is 6.64. The molecular formula is C13H18BrNO. The summed E-state index contributed by atoms with van der Waals surface area (Å²) in [5.74, 6) is 1.50. The van der Waals surface area contributed by atoms with Crippen molar-refractivity contribution in [2.75, 3.05) is 6.61 Å². The number of hydrogen-bond acceptors (Lipinski definition) is 2. The molecule has 2 atom stereocenters. The van der Waals surface area contributed by atoms with E-state index in [1.165, 1.54) is 17.5 Å². The molecule has 0 heterocycles. The first-order valence-electron chi connectivity index (χ1n) is 5.85. The number of fused-ring (bicyclic) bond motifs is 1. The SMILES string of the molecule is CCOc1cc(Br)c2c(c1)C(N)CCC2C. The molecule has 0 aliphatic heterocycles.